The Morgan fingerprint density at radius 3 is 2.41 bits per heavy atom. The Morgan fingerprint density at radius 2 is 1.86 bits per heavy atom. The Labute approximate surface area is 167 Å². The van der Waals surface area contributed by atoms with E-state index in [1.54, 1.807) is 6.07 Å². The van der Waals surface area contributed by atoms with Gasteiger partial charge in [-0.15, -0.1) is 0 Å². The molecule has 150 valence electrons. The lowest BCUT2D eigenvalue weighted by Gasteiger charge is -2.16. The molecule has 2 aromatic rings. The summed E-state index contributed by atoms with van der Waals surface area (Å²) in [5.74, 6) is -0.434. The van der Waals surface area contributed by atoms with Gasteiger partial charge in [0.1, 0.15) is 5.75 Å². The average molecular weight is 422 g/mol. The van der Waals surface area contributed by atoms with Gasteiger partial charge in [-0.05, 0) is 53.7 Å². The molecule has 0 saturated heterocycles. The van der Waals surface area contributed by atoms with Gasteiger partial charge in [-0.1, -0.05) is 6.07 Å². The standard InChI is InChI=1S/C19H13F3N2O4S/c1-27-17-8-11(6-13(10-25)29-18(24)26)2-5-16(17)28-15-4-3-12(9-23)7-14(15)19(20,21)22/h2-8,10H,1H3,(H2,24,26)/b13-6-. The number of nitriles is 1. The number of rotatable bonds is 6. The van der Waals surface area contributed by atoms with E-state index in [-0.39, 0.29) is 22.0 Å². The van der Waals surface area contributed by atoms with Crippen LogP contribution in [0.4, 0.5) is 18.0 Å². The van der Waals surface area contributed by atoms with Gasteiger partial charge in [0, 0.05) is 0 Å². The molecule has 0 atom stereocenters. The number of ether oxygens (including phenoxy) is 2. The van der Waals surface area contributed by atoms with Gasteiger partial charge < -0.3 is 15.2 Å². The van der Waals surface area contributed by atoms with E-state index in [0.29, 0.717) is 29.7 Å². The van der Waals surface area contributed by atoms with Crippen molar-refractivity contribution in [3.63, 3.8) is 0 Å². The first kappa shape index (κ1) is 21.8. The van der Waals surface area contributed by atoms with Crippen molar-refractivity contribution in [3.8, 4) is 23.3 Å². The van der Waals surface area contributed by atoms with Crippen LogP contribution >= 0.6 is 11.8 Å². The van der Waals surface area contributed by atoms with Crippen molar-refractivity contribution in [1.29, 1.82) is 5.26 Å². The van der Waals surface area contributed by atoms with Crippen LogP contribution in [0.15, 0.2) is 41.3 Å². The molecule has 0 heterocycles. The SMILES string of the molecule is COc1cc(/C=C(/C=O)SC(N)=O)ccc1Oc1ccc(C#N)cc1C(F)(F)F. The highest BCUT2D eigenvalue weighted by Gasteiger charge is 2.35. The molecule has 0 unspecified atom stereocenters. The summed E-state index contributed by atoms with van der Waals surface area (Å²) in [6.07, 6.45) is -2.93. The number of alkyl halides is 3. The van der Waals surface area contributed by atoms with Crippen LogP contribution in [-0.4, -0.2) is 18.6 Å². The third-order valence-corrected chi connectivity index (χ3v) is 4.12. The molecule has 0 aliphatic carbocycles. The summed E-state index contributed by atoms with van der Waals surface area (Å²) >= 11 is 0.531. The third-order valence-electron chi connectivity index (χ3n) is 3.47. The molecule has 0 saturated carbocycles. The quantitative estimate of drug-likeness (QED) is 0.533. The van der Waals surface area contributed by atoms with E-state index >= 15 is 0 Å². The molecule has 0 radical (unpaired) electrons. The first-order chi connectivity index (χ1) is 13.7. The fourth-order valence-electron chi connectivity index (χ4n) is 2.25. The number of hydrogen-bond acceptors (Lipinski definition) is 6. The Balaban J connectivity index is 2.43. The van der Waals surface area contributed by atoms with Crippen molar-refractivity contribution >= 4 is 29.4 Å². The maximum absolute atomic E-state index is 13.3. The highest BCUT2D eigenvalue weighted by atomic mass is 32.2. The van der Waals surface area contributed by atoms with Crippen LogP contribution in [0.2, 0.25) is 0 Å². The topological polar surface area (TPSA) is 102 Å². The van der Waals surface area contributed by atoms with Crippen molar-refractivity contribution in [2.45, 2.75) is 6.18 Å². The molecule has 2 N–H and O–H groups in total. The second kappa shape index (κ2) is 9.16. The first-order valence-corrected chi connectivity index (χ1v) is 8.61. The fraction of sp³-hybridized carbons (Fsp3) is 0.105. The van der Waals surface area contributed by atoms with E-state index in [9.17, 15) is 22.8 Å². The number of carbonyl (C=O) groups is 2. The Morgan fingerprint density at radius 1 is 1.17 bits per heavy atom. The lowest BCUT2D eigenvalue weighted by molar-refractivity contribution is -0.138. The predicted octanol–water partition coefficient (Wildman–Crippen LogP) is 4.73. The number of hydrogen-bond donors (Lipinski definition) is 1. The number of amides is 1. The lowest BCUT2D eigenvalue weighted by atomic mass is 10.1. The van der Waals surface area contributed by atoms with Crippen LogP contribution in [0.3, 0.4) is 0 Å². The zero-order chi connectivity index (χ0) is 21.6. The van der Waals surface area contributed by atoms with Crippen molar-refractivity contribution in [1.82, 2.24) is 0 Å². The number of carbonyl (C=O) groups excluding carboxylic acids is 2. The highest BCUT2D eigenvalue weighted by Crippen LogP contribution is 2.41. The minimum Gasteiger partial charge on any atom is -0.493 e. The lowest BCUT2D eigenvalue weighted by Crippen LogP contribution is -2.08. The minimum atomic E-state index is -4.73. The summed E-state index contributed by atoms with van der Waals surface area (Å²) < 4.78 is 50.4. The molecule has 1 amide bonds. The van der Waals surface area contributed by atoms with Gasteiger partial charge in [-0.25, -0.2) is 0 Å². The first-order valence-electron chi connectivity index (χ1n) is 7.79. The summed E-state index contributed by atoms with van der Waals surface area (Å²) in [7, 11) is 1.29. The monoisotopic (exact) mass is 422 g/mol. The molecule has 29 heavy (non-hydrogen) atoms. The van der Waals surface area contributed by atoms with Crippen molar-refractivity contribution < 1.29 is 32.2 Å². The number of aldehydes is 1. The van der Waals surface area contributed by atoms with Gasteiger partial charge in [0.05, 0.1) is 29.2 Å². The fourth-order valence-corrected chi connectivity index (χ4v) is 2.73. The smallest absolute Gasteiger partial charge is 0.420 e. The van der Waals surface area contributed by atoms with E-state index in [0.717, 1.165) is 6.07 Å². The molecular weight excluding hydrogens is 409 g/mol. The molecule has 2 aromatic carbocycles. The number of nitrogens with two attached hydrogens (primary N) is 1. The average Bonchev–Trinajstić information content (AvgIpc) is 2.67. The van der Waals surface area contributed by atoms with Crippen LogP contribution in [-0.2, 0) is 11.0 Å². The second-order valence-electron chi connectivity index (χ2n) is 5.42. The van der Waals surface area contributed by atoms with Gasteiger partial charge in [0.15, 0.2) is 17.8 Å². The van der Waals surface area contributed by atoms with E-state index in [1.807, 2.05) is 0 Å². The normalized spacial score (nSPS) is 11.5. The molecule has 0 fully saturated rings. The van der Waals surface area contributed by atoms with Gasteiger partial charge in [0.25, 0.3) is 5.24 Å². The van der Waals surface area contributed by atoms with Crippen LogP contribution in [0.1, 0.15) is 16.7 Å². The van der Waals surface area contributed by atoms with E-state index in [2.05, 4.69) is 0 Å². The van der Waals surface area contributed by atoms with Crippen LogP contribution in [0.5, 0.6) is 17.2 Å². The number of methoxy groups -OCH3 is 1. The largest absolute Gasteiger partial charge is 0.493 e. The molecule has 6 nitrogen and oxygen atoms in total. The number of thioether (sulfide) groups is 1. The molecule has 0 aliphatic rings. The number of benzene rings is 2. The molecule has 0 aromatic heterocycles. The van der Waals surface area contributed by atoms with Crippen molar-refractivity contribution in [2.75, 3.05) is 7.11 Å². The van der Waals surface area contributed by atoms with Gasteiger partial charge >= 0.3 is 6.18 Å². The van der Waals surface area contributed by atoms with Gasteiger partial charge in [0.2, 0.25) is 0 Å². The summed E-state index contributed by atoms with van der Waals surface area (Å²) in [6, 6.07) is 8.80. The zero-order valence-electron chi connectivity index (χ0n) is 14.8. The second-order valence-corrected chi connectivity index (χ2v) is 6.50. The van der Waals surface area contributed by atoms with E-state index in [4.69, 9.17) is 20.5 Å². The molecule has 0 aliphatic heterocycles. The summed E-state index contributed by atoms with van der Waals surface area (Å²) in [6.45, 7) is 0. The Kier molecular flexibility index (Phi) is 6.90. The van der Waals surface area contributed by atoms with E-state index < -0.39 is 22.7 Å². The van der Waals surface area contributed by atoms with Gasteiger partial charge in [-0.2, -0.15) is 18.4 Å². The Hall–Kier alpha value is -3.45. The molecule has 0 spiro atoms. The predicted molar refractivity (Wildman–Crippen MR) is 100 cm³/mol. The Bertz CT molecular complexity index is 1010. The zero-order valence-corrected chi connectivity index (χ0v) is 15.6. The molecule has 2 rings (SSSR count). The summed E-state index contributed by atoms with van der Waals surface area (Å²) in [4.78, 5) is 22.0. The number of nitrogens with zero attached hydrogens (tertiary/aromatic N) is 1. The summed E-state index contributed by atoms with van der Waals surface area (Å²) in [5, 5.41) is 8.06. The van der Waals surface area contributed by atoms with Gasteiger partial charge in [-0.3, -0.25) is 9.59 Å². The maximum atomic E-state index is 13.3. The molecular formula is C19H13F3N2O4S. The van der Waals surface area contributed by atoms with Crippen LogP contribution in [0.25, 0.3) is 6.08 Å². The number of halogens is 3. The number of primary amides is 1. The highest BCUT2D eigenvalue weighted by molar-refractivity contribution is 8.17. The van der Waals surface area contributed by atoms with Crippen LogP contribution < -0.4 is 15.2 Å². The van der Waals surface area contributed by atoms with E-state index in [1.165, 1.54) is 37.5 Å². The van der Waals surface area contributed by atoms with Crippen molar-refractivity contribution in [2.24, 2.45) is 5.73 Å². The van der Waals surface area contributed by atoms with Crippen LogP contribution in [0, 0.1) is 11.3 Å². The summed E-state index contributed by atoms with van der Waals surface area (Å²) in [5.41, 5.74) is 4.19. The minimum absolute atomic E-state index is 0.0185. The molecule has 10 heteroatoms. The maximum Gasteiger partial charge on any atom is 0.420 e. The van der Waals surface area contributed by atoms with Crippen molar-refractivity contribution in [3.05, 3.63) is 58.0 Å². The number of allylic oxidation sites excluding steroid dienone is 1. The third kappa shape index (κ3) is 5.76. The molecule has 0 bridgehead atoms.